The van der Waals surface area contributed by atoms with E-state index in [0.29, 0.717) is 0 Å². The van der Waals surface area contributed by atoms with Crippen LogP contribution in [0.25, 0.3) is 0 Å². The molecule has 0 spiro atoms. The largest absolute Gasteiger partial charge is 0.372 e. The van der Waals surface area contributed by atoms with Crippen molar-refractivity contribution in [2.24, 2.45) is 0 Å². The molecule has 5 nitrogen and oxygen atoms in total. The van der Waals surface area contributed by atoms with Crippen LogP contribution in [0.15, 0.2) is 36.5 Å². The second kappa shape index (κ2) is 9.41. The fourth-order valence-corrected chi connectivity index (χ4v) is 3.48. The Morgan fingerprint density at radius 1 is 0.962 bits per heavy atom. The predicted molar refractivity (Wildman–Crippen MR) is 111 cm³/mol. The van der Waals surface area contributed by atoms with E-state index in [1.165, 1.54) is 38.0 Å². The zero-order valence-electron chi connectivity index (χ0n) is 16.1. The number of anilines is 4. The molecule has 0 unspecified atom stereocenters. The van der Waals surface area contributed by atoms with E-state index in [2.05, 4.69) is 58.2 Å². The summed E-state index contributed by atoms with van der Waals surface area (Å²) in [5.74, 6) is 1.65. The molecule has 3 rings (SSSR count). The van der Waals surface area contributed by atoms with Crippen LogP contribution in [0.1, 0.15) is 46.0 Å². The number of piperidine rings is 1. The van der Waals surface area contributed by atoms with Gasteiger partial charge in [-0.3, -0.25) is 0 Å². The van der Waals surface area contributed by atoms with Gasteiger partial charge in [-0.2, -0.15) is 4.98 Å². The minimum atomic E-state index is 0.809. The van der Waals surface area contributed by atoms with E-state index in [1.54, 1.807) is 0 Å². The molecule has 0 atom stereocenters. The summed E-state index contributed by atoms with van der Waals surface area (Å²) in [6, 6.07) is 10.6. The lowest BCUT2D eigenvalue weighted by Gasteiger charge is -2.28. The fourth-order valence-electron chi connectivity index (χ4n) is 3.48. The van der Waals surface area contributed by atoms with Crippen molar-refractivity contribution in [2.45, 2.75) is 46.0 Å². The monoisotopic (exact) mass is 353 g/mol. The van der Waals surface area contributed by atoms with E-state index in [9.17, 15) is 0 Å². The lowest BCUT2D eigenvalue weighted by atomic mass is 10.1. The molecule has 1 aliphatic heterocycles. The van der Waals surface area contributed by atoms with E-state index in [1.807, 2.05) is 12.3 Å². The van der Waals surface area contributed by atoms with Gasteiger partial charge in [-0.15, -0.1) is 0 Å². The zero-order chi connectivity index (χ0) is 18.2. The Bertz CT molecular complexity index is 658. The summed E-state index contributed by atoms with van der Waals surface area (Å²) in [5, 5.41) is 3.42. The minimum Gasteiger partial charge on any atom is -0.372 e. The van der Waals surface area contributed by atoms with E-state index < -0.39 is 0 Å². The summed E-state index contributed by atoms with van der Waals surface area (Å²) in [6.07, 6.45) is 7.99. The standard InChI is InChI=1S/C21H31N5/c1-3-14-26(15-4-2)21-22-13-12-20(24-21)23-18-8-10-19(11-9-18)25-16-6-5-7-17-25/h8-13H,3-7,14-17H2,1-2H3,(H,22,23,24). The molecule has 140 valence electrons. The first-order valence-electron chi connectivity index (χ1n) is 10.00. The Hall–Kier alpha value is -2.30. The topological polar surface area (TPSA) is 44.3 Å². The molecule has 2 heterocycles. The van der Waals surface area contributed by atoms with Gasteiger partial charge in [0.15, 0.2) is 0 Å². The SMILES string of the molecule is CCCN(CCC)c1nccc(Nc2ccc(N3CCCCC3)cc2)n1. The van der Waals surface area contributed by atoms with Gasteiger partial charge in [-0.1, -0.05) is 13.8 Å². The highest BCUT2D eigenvalue weighted by Gasteiger charge is 2.11. The zero-order valence-corrected chi connectivity index (χ0v) is 16.1. The average Bonchev–Trinajstić information content (AvgIpc) is 2.69. The minimum absolute atomic E-state index is 0.809. The first-order valence-corrected chi connectivity index (χ1v) is 10.00. The average molecular weight is 354 g/mol. The number of rotatable bonds is 8. The van der Waals surface area contributed by atoms with E-state index >= 15 is 0 Å². The molecule has 0 amide bonds. The van der Waals surface area contributed by atoms with Crippen molar-refractivity contribution in [3.8, 4) is 0 Å². The summed E-state index contributed by atoms with van der Waals surface area (Å²) >= 11 is 0. The summed E-state index contributed by atoms with van der Waals surface area (Å²) in [7, 11) is 0. The highest BCUT2D eigenvalue weighted by atomic mass is 15.3. The van der Waals surface area contributed by atoms with Crippen LogP contribution in [0.4, 0.5) is 23.1 Å². The van der Waals surface area contributed by atoms with Gasteiger partial charge in [0.1, 0.15) is 5.82 Å². The second-order valence-electron chi connectivity index (χ2n) is 6.95. The van der Waals surface area contributed by atoms with Crippen LogP contribution < -0.4 is 15.1 Å². The molecule has 1 saturated heterocycles. The van der Waals surface area contributed by atoms with Gasteiger partial charge in [0.05, 0.1) is 0 Å². The third kappa shape index (κ3) is 4.87. The van der Waals surface area contributed by atoms with Crippen LogP contribution in [-0.2, 0) is 0 Å². The molecule has 0 radical (unpaired) electrons. The van der Waals surface area contributed by atoms with Crippen LogP contribution in [0.5, 0.6) is 0 Å². The molecular formula is C21H31N5. The smallest absolute Gasteiger partial charge is 0.227 e. The number of aromatic nitrogens is 2. The van der Waals surface area contributed by atoms with Crippen molar-refractivity contribution in [2.75, 3.05) is 41.3 Å². The van der Waals surface area contributed by atoms with Crippen molar-refractivity contribution in [3.05, 3.63) is 36.5 Å². The van der Waals surface area contributed by atoms with Crippen LogP contribution in [-0.4, -0.2) is 36.1 Å². The summed E-state index contributed by atoms with van der Waals surface area (Å²) < 4.78 is 0. The van der Waals surface area contributed by atoms with E-state index in [-0.39, 0.29) is 0 Å². The van der Waals surface area contributed by atoms with Crippen LogP contribution in [0.3, 0.4) is 0 Å². The maximum atomic E-state index is 4.71. The van der Waals surface area contributed by atoms with Gasteiger partial charge in [0.25, 0.3) is 0 Å². The molecule has 26 heavy (non-hydrogen) atoms. The van der Waals surface area contributed by atoms with Crippen LogP contribution >= 0.6 is 0 Å². The number of nitrogens with one attached hydrogen (secondary N) is 1. The van der Waals surface area contributed by atoms with Gasteiger partial charge in [-0.25, -0.2) is 4.98 Å². The van der Waals surface area contributed by atoms with Crippen molar-refractivity contribution in [1.29, 1.82) is 0 Å². The number of hydrogen-bond donors (Lipinski definition) is 1. The molecule has 1 N–H and O–H groups in total. The molecule has 1 aromatic heterocycles. The number of hydrogen-bond acceptors (Lipinski definition) is 5. The van der Waals surface area contributed by atoms with Gasteiger partial charge >= 0.3 is 0 Å². The van der Waals surface area contributed by atoms with Crippen molar-refractivity contribution < 1.29 is 0 Å². The van der Waals surface area contributed by atoms with Crippen molar-refractivity contribution in [1.82, 2.24) is 9.97 Å². The lowest BCUT2D eigenvalue weighted by Crippen LogP contribution is -2.29. The molecule has 0 saturated carbocycles. The molecule has 1 aromatic carbocycles. The first-order chi connectivity index (χ1) is 12.8. The van der Waals surface area contributed by atoms with Gasteiger partial charge in [0.2, 0.25) is 5.95 Å². The van der Waals surface area contributed by atoms with E-state index in [0.717, 1.165) is 43.4 Å². The molecule has 0 aliphatic carbocycles. The Morgan fingerprint density at radius 3 is 2.31 bits per heavy atom. The quantitative estimate of drug-likeness (QED) is 0.736. The molecule has 1 fully saturated rings. The first kappa shape index (κ1) is 18.5. The predicted octanol–water partition coefficient (Wildman–Crippen LogP) is 4.84. The Balaban J connectivity index is 1.67. The Labute approximate surface area is 157 Å². The molecule has 2 aromatic rings. The normalized spacial score (nSPS) is 14.3. The highest BCUT2D eigenvalue weighted by molar-refractivity contribution is 5.61. The maximum Gasteiger partial charge on any atom is 0.227 e. The van der Waals surface area contributed by atoms with Gasteiger partial charge < -0.3 is 15.1 Å². The third-order valence-corrected chi connectivity index (χ3v) is 4.77. The number of nitrogens with zero attached hydrogens (tertiary/aromatic N) is 4. The highest BCUT2D eigenvalue weighted by Crippen LogP contribution is 2.23. The van der Waals surface area contributed by atoms with Crippen LogP contribution in [0.2, 0.25) is 0 Å². The summed E-state index contributed by atoms with van der Waals surface area (Å²) in [4.78, 5) is 13.9. The second-order valence-corrected chi connectivity index (χ2v) is 6.95. The van der Waals surface area contributed by atoms with E-state index in [4.69, 9.17) is 4.98 Å². The molecule has 0 bridgehead atoms. The van der Waals surface area contributed by atoms with Gasteiger partial charge in [-0.05, 0) is 62.4 Å². The lowest BCUT2D eigenvalue weighted by molar-refractivity contribution is 0.578. The van der Waals surface area contributed by atoms with Gasteiger partial charge in [0, 0.05) is 43.8 Å². The maximum absolute atomic E-state index is 4.71. The van der Waals surface area contributed by atoms with Crippen LogP contribution in [0, 0.1) is 0 Å². The van der Waals surface area contributed by atoms with Crippen molar-refractivity contribution >= 4 is 23.1 Å². The fraction of sp³-hybridized carbons (Fsp3) is 0.524. The molecular weight excluding hydrogens is 322 g/mol. The summed E-state index contributed by atoms with van der Waals surface area (Å²) in [6.45, 7) is 8.70. The molecule has 1 aliphatic rings. The Morgan fingerprint density at radius 2 is 1.65 bits per heavy atom. The third-order valence-electron chi connectivity index (χ3n) is 4.77. The Kier molecular flexibility index (Phi) is 6.69. The number of benzene rings is 1. The van der Waals surface area contributed by atoms with Crippen molar-refractivity contribution in [3.63, 3.8) is 0 Å². The molecule has 5 heteroatoms. The summed E-state index contributed by atoms with van der Waals surface area (Å²) in [5.41, 5.74) is 2.38.